The molecule has 4 heteroatoms. The first-order valence-corrected chi connectivity index (χ1v) is 12.7. The smallest absolute Gasteiger partial charge is 0.379 e. The number of ether oxygens (including phenoxy) is 1. The van der Waals surface area contributed by atoms with Crippen LogP contribution in [0.1, 0.15) is 105 Å². The van der Waals surface area contributed by atoms with E-state index in [2.05, 4.69) is 34.6 Å². The molecule has 30 heavy (non-hydrogen) atoms. The zero-order valence-corrected chi connectivity index (χ0v) is 20.0. The molecule has 0 saturated heterocycles. The molecule has 1 nitrogen and oxygen atoms in total. The largest absolute Gasteiger partial charge is 0.389 e. The molecule has 0 aromatic heterocycles. The molecular weight excluding hydrogens is 385 g/mol. The highest BCUT2D eigenvalue weighted by Gasteiger charge is 2.59. The van der Waals surface area contributed by atoms with E-state index in [1.807, 2.05) is 0 Å². The molecule has 3 rings (SSSR count). The average Bonchev–Trinajstić information content (AvgIpc) is 2.97. The van der Waals surface area contributed by atoms with Gasteiger partial charge in [0, 0.05) is 13.0 Å². The van der Waals surface area contributed by atoms with Gasteiger partial charge in [-0.25, -0.2) is 0 Å². The quantitative estimate of drug-likeness (QED) is 0.351. The van der Waals surface area contributed by atoms with Crippen LogP contribution < -0.4 is 0 Å². The van der Waals surface area contributed by atoms with Crippen molar-refractivity contribution in [2.24, 2.45) is 40.4 Å². The summed E-state index contributed by atoms with van der Waals surface area (Å²) in [4.78, 5) is 0. The van der Waals surface area contributed by atoms with E-state index >= 15 is 0 Å². The fourth-order valence-electron chi connectivity index (χ4n) is 8.31. The second-order valence-corrected chi connectivity index (χ2v) is 11.6. The first kappa shape index (κ1) is 24.4. The van der Waals surface area contributed by atoms with Gasteiger partial charge in [0.2, 0.25) is 0 Å². The van der Waals surface area contributed by atoms with E-state index < -0.39 is 12.6 Å². The highest BCUT2D eigenvalue weighted by Crippen LogP contribution is 2.67. The molecule has 6 unspecified atom stereocenters. The van der Waals surface area contributed by atoms with Gasteiger partial charge in [0.1, 0.15) is 0 Å². The number of rotatable bonds is 8. The lowest BCUT2D eigenvalue weighted by molar-refractivity contribution is -0.177. The summed E-state index contributed by atoms with van der Waals surface area (Å²) in [6.07, 6.45) is 6.78. The minimum Gasteiger partial charge on any atom is -0.379 e. The highest BCUT2D eigenvalue weighted by molar-refractivity contribution is 5.08. The van der Waals surface area contributed by atoms with Crippen molar-refractivity contribution in [3.05, 3.63) is 0 Å². The van der Waals surface area contributed by atoms with E-state index in [1.54, 1.807) is 0 Å². The minimum absolute atomic E-state index is 0.141. The average molecular weight is 431 g/mol. The van der Waals surface area contributed by atoms with Crippen LogP contribution in [0.15, 0.2) is 0 Å². The van der Waals surface area contributed by atoms with Crippen molar-refractivity contribution in [3.63, 3.8) is 0 Å². The number of hydrogen-bond donors (Lipinski definition) is 0. The Bertz CT molecular complexity index is 559. The van der Waals surface area contributed by atoms with Crippen molar-refractivity contribution in [2.75, 3.05) is 6.61 Å². The van der Waals surface area contributed by atoms with Crippen molar-refractivity contribution < 1.29 is 17.9 Å². The maximum atomic E-state index is 13.4. The van der Waals surface area contributed by atoms with Crippen LogP contribution in [0.3, 0.4) is 0 Å². The molecule has 0 spiro atoms. The Hall–Kier alpha value is -0.250. The van der Waals surface area contributed by atoms with Crippen LogP contribution in [0, 0.1) is 40.4 Å². The Morgan fingerprint density at radius 2 is 1.67 bits per heavy atom. The predicted molar refractivity (Wildman–Crippen MR) is 117 cm³/mol. The van der Waals surface area contributed by atoms with Crippen molar-refractivity contribution in [1.29, 1.82) is 0 Å². The lowest BCUT2D eigenvalue weighted by Crippen LogP contribution is -2.52. The van der Waals surface area contributed by atoms with Gasteiger partial charge >= 0.3 is 6.18 Å². The van der Waals surface area contributed by atoms with Gasteiger partial charge in [-0.05, 0) is 112 Å². The molecule has 3 aliphatic carbocycles. The fraction of sp³-hybridized carbons (Fsp3) is 1.00. The number of alkyl halides is 3. The Morgan fingerprint density at radius 1 is 0.967 bits per heavy atom. The van der Waals surface area contributed by atoms with Gasteiger partial charge in [0.15, 0.2) is 0 Å². The molecular formula is C26H45F3O. The van der Waals surface area contributed by atoms with Crippen molar-refractivity contribution >= 4 is 0 Å². The summed E-state index contributed by atoms with van der Waals surface area (Å²) in [5.74, 6) is 2.43. The van der Waals surface area contributed by atoms with Crippen molar-refractivity contribution in [1.82, 2.24) is 0 Å². The molecule has 7 atom stereocenters. The lowest BCUT2D eigenvalue weighted by Gasteiger charge is -2.59. The zero-order valence-electron chi connectivity index (χ0n) is 20.0. The van der Waals surface area contributed by atoms with Crippen LogP contribution >= 0.6 is 0 Å². The maximum absolute atomic E-state index is 13.4. The van der Waals surface area contributed by atoms with Crippen LogP contribution in [0.4, 0.5) is 13.2 Å². The van der Waals surface area contributed by atoms with Gasteiger partial charge < -0.3 is 4.74 Å². The predicted octanol–water partition coefficient (Wildman–Crippen LogP) is 8.42. The first-order valence-electron chi connectivity index (χ1n) is 12.7. The van der Waals surface area contributed by atoms with Crippen LogP contribution in [0.25, 0.3) is 0 Å². The maximum Gasteiger partial charge on any atom is 0.389 e. The molecule has 0 N–H and O–H groups in total. The van der Waals surface area contributed by atoms with Gasteiger partial charge in [0.25, 0.3) is 0 Å². The molecule has 0 aromatic rings. The van der Waals surface area contributed by atoms with E-state index in [-0.39, 0.29) is 11.3 Å². The molecule has 176 valence electrons. The van der Waals surface area contributed by atoms with E-state index in [1.165, 1.54) is 25.7 Å². The molecule has 0 bridgehead atoms. The SMILES string of the molecule is CCC[C@@]1(C)C(CC(F)(F)F)CCC2C3CCC(CCCOC(C)C)C3(C)CCC21. The Labute approximate surface area is 182 Å². The highest BCUT2D eigenvalue weighted by atomic mass is 19.4. The van der Waals surface area contributed by atoms with Crippen LogP contribution in [-0.4, -0.2) is 18.9 Å². The molecule has 0 heterocycles. The third kappa shape index (κ3) is 4.89. The van der Waals surface area contributed by atoms with Crippen LogP contribution in [0.2, 0.25) is 0 Å². The monoisotopic (exact) mass is 430 g/mol. The first-order chi connectivity index (χ1) is 14.0. The summed E-state index contributed by atoms with van der Waals surface area (Å²) in [6, 6.07) is 0. The second kappa shape index (κ2) is 9.32. The normalized spacial score (nSPS) is 41.7. The Morgan fingerprint density at radius 3 is 2.30 bits per heavy atom. The summed E-state index contributed by atoms with van der Waals surface area (Å²) in [5, 5.41) is 0. The van der Waals surface area contributed by atoms with E-state index in [4.69, 9.17) is 4.74 Å². The summed E-state index contributed by atoms with van der Waals surface area (Å²) in [6.45, 7) is 11.9. The van der Waals surface area contributed by atoms with Gasteiger partial charge in [-0.15, -0.1) is 0 Å². The zero-order chi connectivity index (χ0) is 22.2. The number of fused-ring (bicyclic) bond motifs is 3. The third-order valence-corrected chi connectivity index (χ3v) is 9.68. The molecule has 0 aliphatic heterocycles. The summed E-state index contributed by atoms with van der Waals surface area (Å²) < 4.78 is 45.9. The van der Waals surface area contributed by atoms with Gasteiger partial charge in [-0.2, -0.15) is 13.2 Å². The third-order valence-electron chi connectivity index (χ3n) is 9.68. The van der Waals surface area contributed by atoms with Crippen LogP contribution in [-0.2, 0) is 4.74 Å². The standard InChI is InChI=1S/C26H45F3O/c1-6-14-24(4)20(17-26(27,28)29)9-11-21-22-12-10-19(8-7-16-30-18(2)3)25(22,5)15-13-23(21)24/h18-23H,6-17H2,1-5H3/t19?,20?,21?,22?,23?,24-,25?/m0/s1. The summed E-state index contributed by atoms with van der Waals surface area (Å²) in [5.41, 5.74) is 0.251. The van der Waals surface area contributed by atoms with Gasteiger partial charge in [-0.3, -0.25) is 0 Å². The van der Waals surface area contributed by atoms with E-state index in [0.717, 1.165) is 57.0 Å². The topological polar surface area (TPSA) is 9.23 Å². The fourth-order valence-corrected chi connectivity index (χ4v) is 8.31. The van der Waals surface area contributed by atoms with E-state index in [0.29, 0.717) is 23.4 Å². The van der Waals surface area contributed by atoms with Gasteiger partial charge in [0.05, 0.1) is 6.10 Å². The number of hydrogen-bond acceptors (Lipinski definition) is 1. The Balaban J connectivity index is 1.71. The second-order valence-electron chi connectivity index (χ2n) is 11.6. The molecule has 3 aliphatic rings. The van der Waals surface area contributed by atoms with Gasteiger partial charge in [-0.1, -0.05) is 27.2 Å². The molecule has 3 fully saturated rings. The Kier molecular flexibility index (Phi) is 7.57. The van der Waals surface area contributed by atoms with E-state index in [9.17, 15) is 13.2 Å². The molecule has 0 radical (unpaired) electrons. The van der Waals surface area contributed by atoms with Crippen molar-refractivity contribution in [2.45, 2.75) is 118 Å². The lowest BCUT2D eigenvalue weighted by atomic mass is 9.46. The minimum atomic E-state index is -4.04. The van der Waals surface area contributed by atoms with Crippen LogP contribution in [0.5, 0.6) is 0 Å². The molecule has 0 aromatic carbocycles. The van der Waals surface area contributed by atoms with Crippen molar-refractivity contribution in [3.8, 4) is 0 Å². The molecule has 0 amide bonds. The summed E-state index contributed by atoms with van der Waals surface area (Å²) >= 11 is 0. The summed E-state index contributed by atoms with van der Waals surface area (Å²) in [7, 11) is 0. The molecule has 3 saturated carbocycles. The number of halogens is 3.